The molecule has 0 spiro atoms. The Morgan fingerprint density at radius 3 is 2.22 bits per heavy atom. The maximum atomic E-state index is 10.0. The van der Waals surface area contributed by atoms with Crippen molar-refractivity contribution in [2.24, 2.45) is 21.6 Å². The zero-order chi connectivity index (χ0) is 16.7. The summed E-state index contributed by atoms with van der Waals surface area (Å²) in [6, 6.07) is 13.9. The molecule has 3 atom stereocenters. The van der Waals surface area contributed by atoms with E-state index in [1.807, 2.05) is 30.3 Å². The number of fused-ring (bicyclic) bond motifs is 1. The molecule has 2 aliphatic rings. The number of benzene rings is 1. The molecule has 118 valence electrons. The SMILES string of the molecule is CCOC1(OCC)N=C(N)C2(C#N)C(c3ccccc3)C12C#N. The van der Waals surface area contributed by atoms with Crippen molar-refractivity contribution in [2.75, 3.05) is 13.2 Å². The van der Waals surface area contributed by atoms with Crippen LogP contribution in [0.15, 0.2) is 35.3 Å². The Labute approximate surface area is 135 Å². The summed E-state index contributed by atoms with van der Waals surface area (Å²) in [6.45, 7) is 4.18. The fourth-order valence-electron chi connectivity index (χ4n) is 3.90. The van der Waals surface area contributed by atoms with E-state index in [0.29, 0.717) is 13.2 Å². The van der Waals surface area contributed by atoms with Gasteiger partial charge in [-0.15, -0.1) is 0 Å². The van der Waals surface area contributed by atoms with Crippen LogP contribution in [-0.4, -0.2) is 25.0 Å². The van der Waals surface area contributed by atoms with E-state index in [1.54, 1.807) is 13.8 Å². The van der Waals surface area contributed by atoms with Gasteiger partial charge in [0.05, 0.1) is 12.1 Å². The number of hydrogen-bond acceptors (Lipinski definition) is 6. The van der Waals surface area contributed by atoms with E-state index in [0.717, 1.165) is 5.56 Å². The van der Waals surface area contributed by atoms with Crippen LogP contribution in [0.3, 0.4) is 0 Å². The van der Waals surface area contributed by atoms with Gasteiger partial charge in [0.1, 0.15) is 11.3 Å². The quantitative estimate of drug-likeness (QED) is 0.836. The van der Waals surface area contributed by atoms with E-state index in [4.69, 9.17) is 15.2 Å². The van der Waals surface area contributed by atoms with Gasteiger partial charge in [0.25, 0.3) is 5.91 Å². The lowest BCUT2D eigenvalue weighted by Crippen LogP contribution is -2.43. The number of ether oxygens (including phenoxy) is 2. The van der Waals surface area contributed by atoms with Gasteiger partial charge in [-0.2, -0.15) is 10.5 Å². The van der Waals surface area contributed by atoms with Gasteiger partial charge in [-0.05, 0) is 19.4 Å². The number of hydrogen-bond donors (Lipinski definition) is 1. The summed E-state index contributed by atoms with van der Waals surface area (Å²) in [5.74, 6) is -1.86. The first-order chi connectivity index (χ1) is 11.1. The fourth-order valence-corrected chi connectivity index (χ4v) is 3.90. The molecule has 1 aliphatic carbocycles. The number of nitrogens with zero attached hydrogens (tertiary/aromatic N) is 3. The van der Waals surface area contributed by atoms with Crippen molar-refractivity contribution in [1.82, 2.24) is 0 Å². The third-order valence-corrected chi connectivity index (χ3v) is 4.74. The van der Waals surface area contributed by atoms with Gasteiger partial charge in [-0.1, -0.05) is 30.3 Å². The standard InChI is InChI=1S/C17H18N4O2/c1-3-22-17(23-4-2)16(11-19)13(12-8-6-5-7-9-12)15(16,10-18)14(20)21-17/h5-9,13H,3-4H2,1-2H3,(H2,20,21). The van der Waals surface area contributed by atoms with Crippen molar-refractivity contribution >= 4 is 5.84 Å². The molecule has 0 saturated heterocycles. The second-order valence-electron chi connectivity index (χ2n) is 5.63. The average molecular weight is 310 g/mol. The van der Waals surface area contributed by atoms with Crippen molar-refractivity contribution in [1.29, 1.82) is 10.5 Å². The van der Waals surface area contributed by atoms with Crippen LogP contribution in [0, 0.1) is 33.5 Å². The van der Waals surface area contributed by atoms with Crippen molar-refractivity contribution < 1.29 is 9.47 Å². The fraction of sp³-hybridized carbons (Fsp3) is 0.471. The summed E-state index contributed by atoms with van der Waals surface area (Å²) < 4.78 is 11.5. The van der Waals surface area contributed by atoms with Gasteiger partial charge in [-0.3, -0.25) is 0 Å². The molecule has 1 aromatic rings. The Morgan fingerprint density at radius 1 is 1.13 bits per heavy atom. The third-order valence-electron chi connectivity index (χ3n) is 4.74. The lowest BCUT2D eigenvalue weighted by molar-refractivity contribution is -0.255. The number of aliphatic imine (C=N–C) groups is 1. The minimum atomic E-state index is -1.54. The van der Waals surface area contributed by atoms with Gasteiger partial charge >= 0.3 is 0 Å². The average Bonchev–Trinajstić information content (AvgIpc) is 3.15. The van der Waals surface area contributed by atoms with Crippen molar-refractivity contribution in [2.45, 2.75) is 25.7 Å². The summed E-state index contributed by atoms with van der Waals surface area (Å²) >= 11 is 0. The lowest BCUT2D eigenvalue weighted by Gasteiger charge is -2.31. The van der Waals surface area contributed by atoms with Gasteiger partial charge in [0, 0.05) is 19.1 Å². The van der Waals surface area contributed by atoms with E-state index in [-0.39, 0.29) is 5.84 Å². The maximum Gasteiger partial charge on any atom is 0.293 e. The van der Waals surface area contributed by atoms with E-state index in [1.165, 1.54) is 0 Å². The molecule has 3 rings (SSSR count). The molecular weight excluding hydrogens is 292 g/mol. The molecule has 0 amide bonds. The van der Waals surface area contributed by atoms with Crippen LogP contribution in [-0.2, 0) is 9.47 Å². The first-order valence-electron chi connectivity index (χ1n) is 7.61. The number of nitriles is 2. The third kappa shape index (κ3) is 1.55. The number of nitrogens with two attached hydrogens (primary N) is 1. The zero-order valence-electron chi connectivity index (χ0n) is 13.1. The highest BCUT2D eigenvalue weighted by molar-refractivity contribution is 6.00. The summed E-state index contributed by atoms with van der Waals surface area (Å²) in [5.41, 5.74) is 4.48. The molecule has 1 saturated carbocycles. The Morgan fingerprint density at radius 2 is 1.74 bits per heavy atom. The molecule has 1 aliphatic heterocycles. The Bertz CT molecular complexity index is 727. The maximum absolute atomic E-state index is 10.0. The zero-order valence-corrected chi connectivity index (χ0v) is 13.1. The van der Waals surface area contributed by atoms with E-state index < -0.39 is 22.7 Å². The summed E-state index contributed by atoms with van der Waals surface area (Å²) in [7, 11) is 0. The highest BCUT2D eigenvalue weighted by Crippen LogP contribution is 2.81. The van der Waals surface area contributed by atoms with Crippen molar-refractivity contribution in [3.63, 3.8) is 0 Å². The lowest BCUT2D eigenvalue weighted by atomic mass is 9.93. The molecule has 0 bridgehead atoms. The van der Waals surface area contributed by atoms with Gasteiger partial charge in [0.15, 0.2) is 5.41 Å². The minimum absolute atomic E-state index is 0.109. The monoisotopic (exact) mass is 310 g/mol. The highest BCUT2D eigenvalue weighted by atomic mass is 16.7. The molecule has 6 nitrogen and oxygen atoms in total. The van der Waals surface area contributed by atoms with Crippen LogP contribution >= 0.6 is 0 Å². The van der Waals surface area contributed by atoms with Crippen LogP contribution < -0.4 is 5.73 Å². The Hall–Kier alpha value is -2.41. The normalized spacial score (nSPS) is 33.2. The van der Waals surface area contributed by atoms with E-state index >= 15 is 0 Å². The Balaban J connectivity index is 2.22. The summed E-state index contributed by atoms with van der Waals surface area (Å²) in [4.78, 5) is 4.30. The molecule has 3 unspecified atom stereocenters. The number of rotatable bonds is 5. The minimum Gasteiger partial charge on any atom is -0.386 e. The van der Waals surface area contributed by atoms with E-state index in [2.05, 4.69) is 17.1 Å². The highest BCUT2D eigenvalue weighted by Gasteiger charge is 2.93. The van der Waals surface area contributed by atoms with Gasteiger partial charge in [0.2, 0.25) is 0 Å². The first kappa shape index (κ1) is 15.5. The van der Waals surface area contributed by atoms with Crippen LogP contribution in [0.1, 0.15) is 25.3 Å². The second kappa shape index (κ2) is 5.06. The molecule has 2 N–H and O–H groups in total. The predicted octanol–water partition coefficient (Wildman–Crippen LogP) is 1.90. The van der Waals surface area contributed by atoms with E-state index in [9.17, 15) is 10.5 Å². The van der Waals surface area contributed by atoms with Crippen LogP contribution in [0.25, 0.3) is 0 Å². The summed E-state index contributed by atoms with van der Waals surface area (Å²) in [5, 5.41) is 19.9. The van der Waals surface area contributed by atoms with Crippen LogP contribution in [0.2, 0.25) is 0 Å². The molecule has 1 fully saturated rings. The second-order valence-corrected chi connectivity index (χ2v) is 5.63. The molecule has 1 aromatic carbocycles. The number of amidine groups is 1. The van der Waals surface area contributed by atoms with Crippen LogP contribution in [0.4, 0.5) is 0 Å². The van der Waals surface area contributed by atoms with Gasteiger partial charge < -0.3 is 15.2 Å². The molecular formula is C17H18N4O2. The molecule has 0 aromatic heterocycles. The van der Waals surface area contributed by atoms with Crippen molar-refractivity contribution in [3.8, 4) is 12.1 Å². The molecule has 0 radical (unpaired) electrons. The first-order valence-corrected chi connectivity index (χ1v) is 7.61. The molecule has 6 heteroatoms. The summed E-state index contributed by atoms with van der Waals surface area (Å²) in [6.07, 6.45) is 0. The van der Waals surface area contributed by atoms with Crippen molar-refractivity contribution in [3.05, 3.63) is 35.9 Å². The predicted molar refractivity (Wildman–Crippen MR) is 82.9 cm³/mol. The van der Waals surface area contributed by atoms with Crippen LogP contribution in [0.5, 0.6) is 0 Å². The Kier molecular flexibility index (Phi) is 3.40. The van der Waals surface area contributed by atoms with Gasteiger partial charge in [-0.25, -0.2) is 4.99 Å². The topological polar surface area (TPSA) is 104 Å². The largest absolute Gasteiger partial charge is 0.386 e. The smallest absolute Gasteiger partial charge is 0.293 e. The molecule has 1 heterocycles. The molecule has 23 heavy (non-hydrogen) atoms.